The number of hydrogen-bond donors (Lipinski definition) is 1. The number of anilines is 1. The molecular formula is C20H20N2O4. The lowest BCUT2D eigenvalue weighted by atomic mass is 10.1. The number of ether oxygens (including phenoxy) is 1. The number of nitrogens with one attached hydrogen (secondary N) is 1. The SMILES string of the molecule is COc1ccc2oc(C(=O)Nc3cccc(C(=O)N(C)C)c3)c(C)c2c1. The van der Waals surface area contributed by atoms with Crippen molar-refractivity contribution < 1.29 is 18.7 Å². The van der Waals surface area contributed by atoms with Crippen LogP contribution in [-0.2, 0) is 0 Å². The third-order valence-corrected chi connectivity index (χ3v) is 4.12. The fourth-order valence-electron chi connectivity index (χ4n) is 2.72. The molecule has 0 fully saturated rings. The van der Waals surface area contributed by atoms with Crippen molar-refractivity contribution in [1.82, 2.24) is 4.90 Å². The Bertz CT molecular complexity index is 989. The molecule has 6 nitrogen and oxygen atoms in total. The highest BCUT2D eigenvalue weighted by Gasteiger charge is 2.19. The summed E-state index contributed by atoms with van der Waals surface area (Å²) >= 11 is 0. The molecule has 0 unspecified atom stereocenters. The van der Waals surface area contributed by atoms with Gasteiger partial charge in [-0.1, -0.05) is 6.07 Å². The van der Waals surface area contributed by atoms with E-state index in [1.54, 1.807) is 57.6 Å². The summed E-state index contributed by atoms with van der Waals surface area (Å²) in [6.45, 7) is 1.83. The van der Waals surface area contributed by atoms with Crippen LogP contribution < -0.4 is 10.1 Å². The van der Waals surface area contributed by atoms with E-state index in [1.807, 2.05) is 13.0 Å². The summed E-state index contributed by atoms with van der Waals surface area (Å²) in [4.78, 5) is 26.2. The van der Waals surface area contributed by atoms with Gasteiger partial charge in [-0.2, -0.15) is 0 Å². The summed E-state index contributed by atoms with van der Waals surface area (Å²) in [5, 5.41) is 3.61. The van der Waals surface area contributed by atoms with Gasteiger partial charge in [0, 0.05) is 36.3 Å². The Balaban J connectivity index is 1.89. The minimum Gasteiger partial charge on any atom is -0.497 e. The van der Waals surface area contributed by atoms with Crippen molar-refractivity contribution in [2.45, 2.75) is 6.92 Å². The molecule has 0 saturated heterocycles. The molecule has 26 heavy (non-hydrogen) atoms. The second kappa shape index (κ2) is 6.92. The molecule has 6 heteroatoms. The van der Waals surface area contributed by atoms with Crippen molar-refractivity contribution in [2.75, 3.05) is 26.5 Å². The number of carbonyl (C=O) groups excluding carboxylic acids is 2. The third-order valence-electron chi connectivity index (χ3n) is 4.12. The lowest BCUT2D eigenvalue weighted by Gasteiger charge is -2.11. The Hall–Kier alpha value is -3.28. The van der Waals surface area contributed by atoms with Crippen LogP contribution in [0, 0.1) is 6.92 Å². The number of fused-ring (bicyclic) bond motifs is 1. The van der Waals surface area contributed by atoms with E-state index in [4.69, 9.17) is 9.15 Å². The van der Waals surface area contributed by atoms with Crippen LogP contribution in [0.3, 0.4) is 0 Å². The Kier molecular flexibility index (Phi) is 4.67. The van der Waals surface area contributed by atoms with Crippen molar-refractivity contribution in [3.05, 3.63) is 59.4 Å². The largest absolute Gasteiger partial charge is 0.497 e. The summed E-state index contributed by atoms with van der Waals surface area (Å²) in [5.74, 6) is 0.432. The first-order valence-corrected chi connectivity index (χ1v) is 8.11. The monoisotopic (exact) mass is 352 g/mol. The molecule has 0 atom stereocenters. The number of rotatable bonds is 4. The zero-order valence-corrected chi connectivity index (χ0v) is 15.1. The first-order chi connectivity index (χ1) is 12.4. The number of carbonyl (C=O) groups is 2. The summed E-state index contributed by atoms with van der Waals surface area (Å²) in [6.07, 6.45) is 0. The molecule has 2 amide bonds. The minimum atomic E-state index is -0.368. The van der Waals surface area contributed by atoms with Crippen molar-refractivity contribution >= 4 is 28.5 Å². The molecule has 0 spiro atoms. The van der Waals surface area contributed by atoms with Crippen LogP contribution in [0.1, 0.15) is 26.5 Å². The molecule has 0 radical (unpaired) electrons. The van der Waals surface area contributed by atoms with Crippen LogP contribution in [0.2, 0.25) is 0 Å². The summed E-state index contributed by atoms with van der Waals surface area (Å²) in [5.41, 5.74) is 2.38. The highest BCUT2D eigenvalue weighted by Crippen LogP contribution is 2.29. The number of benzene rings is 2. The first kappa shape index (κ1) is 17.5. The van der Waals surface area contributed by atoms with Gasteiger partial charge in [-0.3, -0.25) is 9.59 Å². The van der Waals surface area contributed by atoms with Crippen LogP contribution in [0.25, 0.3) is 11.0 Å². The van der Waals surface area contributed by atoms with Gasteiger partial charge in [-0.15, -0.1) is 0 Å². The van der Waals surface area contributed by atoms with E-state index in [2.05, 4.69) is 5.32 Å². The Labute approximate surface area is 151 Å². The van der Waals surface area contributed by atoms with Gasteiger partial charge < -0.3 is 19.4 Å². The standard InChI is InChI=1S/C20H20N2O4/c1-12-16-11-15(25-4)8-9-17(16)26-18(12)19(23)21-14-7-5-6-13(10-14)20(24)22(2)3/h5-11H,1-4H3,(H,21,23). The molecule has 0 aliphatic rings. The number of methoxy groups -OCH3 is 1. The summed E-state index contributed by atoms with van der Waals surface area (Å²) in [7, 11) is 4.95. The predicted molar refractivity (Wildman–Crippen MR) is 99.9 cm³/mol. The van der Waals surface area contributed by atoms with Gasteiger partial charge >= 0.3 is 0 Å². The topological polar surface area (TPSA) is 71.8 Å². The number of amides is 2. The van der Waals surface area contributed by atoms with Crippen molar-refractivity contribution in [3.63, 3.8) is 0 Å². The van der Waals surface area contributed by atoms with Crippen molar-refractivity contribution in [1.29, 1.82) is 0 Å². The van der Waals surface area contributed by atoms with E-state index in [0.29, 0.717) is 22.6 Å². The molecule has 1 aromatic heterocycles. The average molecular weight is 352 g/mol. The number of nitrogens with zero attached hydrogens (tertiary/aromatic N) is 1. The van der Waals surface area contributed by atoms with E-state index in [0.717, 1.165) is 10.9 Å². The molecular weight excluding hydrogens is 332 g/mol. The highest BCUT2D eigenvalue weighted by atomic mass is 16.5. The molecule has 1 heterocycles. The quantitative estimate of drug-likeness (QED) is 0.777. The smallest absolute Gasteiger partial charge is 0.291 e. The average Bonchev–Trinajstić information content (AvgIpc) is 2.97. The zero-order valence-electron chi connectivity index (χ0n) is 15.1. The molecule has 0 saturated carbocycles. The molecule has 134 valence electrons. The zero-order chi connectivity index (χ0) is 18.8. The van der Waals surface area contributed by atoms with Gasteiger partial charge in [0.2, 0.25) is 0 Å². The van der Waals surface area contributed by atoms with Gasteiger partial charge in [0.25, 0.3) is 11.8 Å². The third kappa shape index (κ3) is 3.26. The van der Waals surface area contributed by atoms with Gasteiger partial charge in [0.05, 0.1) is 7.11 Å². The second-order valence-electron chi connectivity index (χ2n) is 6.15. The molecule has 0 aliphatic heterocycles. The molecule has 3 aromatic rings. The summed E-state index contributed by atoms with van der Waals surface area (Å²) < 4.78 is 10.9. The number of furan rings is 1. The fourth-order valence-corrected chi connectivity index (χ4v) is 2.72. The van der Waals surface area contributed by atoms with Crippen LogP contribution in [0.4, 0.5) is 5.69 Å². The maximum absolute atomic E-state index is 12.6. The maximum Gasteiger partial charge on any atom is 0.291 e. The number of aryl methyl sites for hydroxylation is 1. The highest BCUT2D eigenvalue weighted by molar-refractivity contribution is 6.07. The van der Waals surface area contributed by atoms with E-state index >= 15 is 0 Å². The van der Waals surface area contributed by atoms with Crippen LogP contribution in [0.15, 0.2) is 46.9 Å². The second-order valence-corrected chi connectivity index (χ2v) is 6.15. The van der Waals surface area contributed by atoms with Crippen LogP contribution in [0.5, 0.6) is 5.75 Å². The van der Waals surface area contributed by atoms with Gasteiger partial charge in [-0.05, 0) is 43.3 Å². The van der Waals surface area contributed by atoms with Crippen molar-refractivity contribution in [3.8, 4) is 5.75 Å². The van der Waals surface area contributed by atoms with E-state index in [9.17, 15) is 9.59 Å². The first-order valence-electron chi connectivity index (χ1n) is 8.11. The lowest BCUT2D eigenvalue weighted by molar-refractivity contribution is 0.0827. The molecule has 2 aromatic carbocycles. The van der Waals surface area contributed by atoms with Crippen LogP contribution in [-0.4, -0.2) is 37.9 Å². The predicted octanol–water partition coefficient (Wildman–Crippen LogP) is 3.70. The van der Waals surface area contributed by atoms with Gasteiger partial charge in [0.1, 0.15) is 11.3 Å². The van der Waals surface area contributed by atoms with Gasteiger partial charge in [0.15, 0.2) is 5.76 Å². The normalized spacial score (nSPS) is 10.6. The Morgan fingerprint density at radius 3 is 2.58 bits per heavy atom. The van der Waals surface area contributed by atoms with Gasteiger partial charge in [-0.25, -0.2) is 0 Å². The molecule has 3 rings (SSSR count). The molecule has 1 N–H and O–H groups in total. The number of hydrogen-bond acceptors (Lipinski definition) is 4. The van der Waals surface area contributed by atoms with E-state index in [1.165, 1.54) is 4.90 Å². The lowest BCUT2D eigenvalue weighted by Crippen LogP contribution is -2.22. The van der Waals surface area contributed by atoms with Crippen LogP contribution >= 0.6 is 0 Å². The van der Waals surface area contributed by atoms with E-state index < -0.39 is 0 Å². The molecule has 0 aliphatic carbocycles. The van der Waals surface area contributed by atoms with Crippen molar-refractivity contribution in [2.24, 2.45) is 0 Å². The summed E-state index contributed by atoms with van der Waals surface area (Å²) in [6, 6.07) is 12.2. The van der Waals surface area contributed by atoms with E-state index in [-0.39, 0.29) is 17.6 Å². The Morgan fingerprint density at radius 2 is 1.88 bits per heavy atom. The fraction of sp³-hybridized carbons (Fsp3) is 0.200. The maximum atomic E-state index is 12.6. The minimum absolute atomic E-state index is 0.131. The molecule has 0 bridgehead atoms. The Morgan fingerprint density at radius 1 is 1.12 bits per heavy atom.